The van der Waals surface area contributed by atoms with E-state index in [1.165, 1.54) is 26.4 Å². The minimum atomic E-state index is -4.00. The van der Waals surface area contributed by atoms with Gasteiger partial charge in [-0.3, -0.25) is 9.29 Å². The number of hydrogen-bond donors (Lipinski definition) is 1. The molecule has 0 amide bonds. The van der Waals surface area contributed by atoms with Gasteiger partial charge in [0.1, 0.15) is 17.1 Å². The van der Waals surface area contributed by atoms with E-state index in [2.05, 4.69) is 24.9 Å². The third-order valence-corrected chi connectivity index (χ3v) is 7.71. The van der Waals surface area contributed by atoms with E-state index in [4.69, 9.17) is 25.8 Å². The molecule has 13 heteroatoms. The number of nitrogens with zero attached hydrogens (tertiary/aromatic N) is 5. The normalized spacial score (nSPS) is 18.1. The lowest BCUT2D eigenvalue weighted by molar-refractivity contribution is 0.0602. The summed E-state index contributed by atoms with van der Waals surface area (Å²) in [4.78, 5) is 8.24. The number of halogens is 1. The Bertz CT molecular complexity index is 1250. The number of sulfonamides is 1. The number of methoxy groups -OCH3 is 2. The Morgan fingerprint density at radius 3 is 2.66 bits per heavy atom. The highest BCUT2D eigenvalue weighted by Crippen LogP contribution is 2.32. The van der Waals surface area contributed by atoms with Crippen LogP contribution in [0.15, 0.2) is 36.7 Å². The third-order valence-electron chi connectivity index (χ3n) is 5.82. The summed E-state index contributed by atoms with van der Waals surface area (Å²) in [6, 6.07) is 7.20. The van der Waals surface area contributed by atoms with Crippen molar-refractivity contribution in [3.63, 3.8) is 0 Å². The number of ether oxygens (including phenoxy) is 3. The number of nitrogens with one attached hydrogen (secondary N) is 1. The molecular weight excluding hydrogens is 496 g/mol. The number of aromatic nitrogens is 5. The summed E-state index contributed by atoms with van der Waals surface area (Å²) in [5.74, 6) is 1.46. The lowest BCUT2D eigenvalue weighted by Gasteiger charge is -2.27. The fraction of sp³-hybridized carbons (Fsp3) is 0.455. The molecule has 3 heterocycles. The van der Waals surface area contributed by atoms with E-state index in [0.717, 1.165) is 18.4 Å². The molecule has 2 aromatic heterocycles. The van der Waals surface area contributed by atoms with Gasteiger partial charge in [0.15, 0.2) is 11.6 Å². The van der Waals surface area contributed by atoms with E-state index in [9.17, 15) is 8.42 Å². The summed E-state index contributed by atoms with van der Waals surface area (Å²) in [5.41, 5.74) is 0.741. The second kappa shape index (κ2) is 10.9. The first-order valence-electron chi connectivity index (χ1n) is 11.0. The van der Waals surface area contributed by atoms with Gasteiger partial charge in [-0.2, -0.15) is 0 Å². The minimum Gasteiger partial charge on any atom is -0.497 e. The summed E-state index contributed by atoms with van der Waals surface area (Å²) in [5, 5.41) is 7.80. The van der Waals surface area contributed by atoms with Gasteiger partial charge < -0.3 is 14.2 Å². The molecule has 1 aliphatic heterocycles. The van der Waals surface area contributed by atoms with E-state index in [0.29, 0.717) is 29.8 Å². The standard InChI is InChI=1S/C22H27ClN6O5S/c1-14(19(33-3)20-24-11-16(23)12-25-20)35(30,31)28-22-27-26-21(15-6-4-8-18(10-15)32-2)29(22)17-7-5-9-34-13-17/h4,6,8,10-12,14,17,19H,5,7,9,13H2,1-3H3,(H,27,28)/t14-,17-,19-/m0/s1. The smallest absolute Gasteiger partial charge is 0.240 e. The second-order valence-electron chi connectivity index (χ2n) is 8.09. The number of rotatable bonds is 9. The van der Waals surface area contributed by atoms with E-state index >= 15 is 0 Å². The number of hydrogen-bond acceptors (Lipinski definition) is 9. The molecule has 1 saturated heterocycles. The molecule has 188 valence electrons. The summed E-state index contributed by atoms with van der Waals surface area (Å²) in [7, 11) is -1.02. The maximum Gasteiger partial charge on any atom is 0.240 e. The van der Waals surface area contributed by atoms with Crippen molar-refractivity contribution < 1.29 is 22.6 Å². The summed E-state index contributed by atoms with van der Waals surface area (Å²) in [6.07, 6.45) is 3.48. The Balaban J connectivity index is 1.69. The predicted molar refractivity (Wildman–Crippen MR) is 130 cm³/mol. The summed E-state index contributed by atoms with van der Waals surface area (Å²) >= 11 is 5.87. The lowest BCUT2D eigenvalue weighted by atomic mass is 10.1. The van der Waals surface area contributed by atoms with Gasteiger partial charge in [-0.25, -0.2) is 18.4 Å². The fourth-order valence-electron chi connectivity index (χ4n) is 3.95. The van der Waals surface area contributed by atoms with Crippen molar-refractivity contribution in [2.75, 3.05) is 32.2 Å². The molecule has 0 radical (unpaired) electrons. The molecule has 1 aromatic carbocycles. The molecule has 1 N–H and O–H groups in total. The van der Waals surface area contributed by atoms with Crippen LogP contribution in [0.3, 0.4) is 0 Å². The Morgan fingerprint density at radius 2 is 2.00 bits per heavy atom. The molecule has 0 saturated carbocycles. The lowest BCUT2D eigenvalue weighted by Crippen LogP contribution is -2.34. The van der Waals surface area contributed by atoms with Crippen molar-refractivity contribution >= 4 is 27.6 Å². The van der Waals surface area contributed by atoms with Crippen molar-refractivity contribution in [1.29, 1.82) is 0 Å². The number of benzene rings is 1. The highest BCUT2D eigenvalue weighted by Gasteiger charge is 2.35. The van der Waals surface area contributed by atoms with Crippen LogP contribution in [0.5, 0.6) is 5.75 Å². The van der Waals surface area contributed by atoms with Gasteiger partial charge in [0, 0.05) is 31.7 Å². The van der Waals surface area contributed by atoms with Crippen LogP contribution in [0.1, 0.15) is 37.7 Å². The zero-order valence-electron chi connectivity index (χ0n) is 19.6. The van der Waals surface area contributed by atoms with Crippen LogP contribution in [0, 0.1) is 0 Å². The second-order valence-corrected chi connectivity index (χ2v) is 10.6. The van der Waals surface area contributed by atoms with Gasteiger partial charge in [0.2, 0.25) is 16.0 Å². The van der Waals surface area contributed by atoms with Crippen LogP contribution in [-0.2, 0) is 19.5 Å². The molecule has 0 bridgehead atoms. The highest BCUT2D eigenvalue weighted by atomic mass is 35.5. The van der Waals surface area contributed by atoms with Crippen molar-refractivity contribution in [2.24, 2.45) is 0 Å². The molecule has 4 rings (SSSR count). The molecule has 1 aliphatic rings. The Morgan fingerprint density at radius 1 is 1.23 bits per heavy atom. The van der Waals surface area contributed by atoms with Crippen LogP contribution in [0.4, 0.5) is 5.95 Å². The highest BCUT2D eigenvalue weighted by molar-refractivity contribution is 7.93. The topological polar surface area (TPSA) is 130 Å². The van der Waals surface area contributed by atoms with Gasteiger partial charge >= 0.3 is 0 Å². The van der Waals surface area contributed by atoms with Crippen LogP contribution < -0.4 is 9.46 Å². The molecule has 11 nitrogen and oxygen atoms in total. The largest absolute Gasteiger partial charge is 0.497 e. The molecule has 3 aromatic rings. The van der Waals surface area contributed by atoms with E-state index in [-0.39, 0.29) is 17.8 Å². The van der Waals surface area contributed by atoms with Crippen LogP contribution in [0.25, 0.3) is 11.4 Å². The molecule has 1 fully saturated rings. The van der Waals surface area contributed by atoms with Gasteiger partial charge in [0.25, 0.3) is 0 Å². The summed E-state index contributed by atoms with van der Waals surface area (Å²) < 4.78 is 47.7. The van der Waals surface area contributed by atoms with E-state index in [1.54, 1.807) is 11.7 Å². The zero-order chi connectivity index (χ0) is 25.0. The molecule has 35 heavy (non-hydrogen) atoms. The van der Waals surface area contributed by atoms with Crippen molar-refractivity contribution in [2.45, 2.75) is 37.2 Å². The Hall–Kier alpha value is -2.80. The minimum absolute atomic E-state index is 0.0945. The maximum atomic E-state index is 13.4. The van der Waals surface area contributed by atoms with Gasteiger partial charge in [-0.05, 0) is 31.9 Å². The van der Waals surface area contributed by atoms with Crippen LogP contribution >= 0.6 is 11.6 Å². The first-order chi connectivity index (χ1) is 16.8. The SMILES string of the molecule is COc1cccc(-c2nnc(NS(=O)(=O)[C@@H](C)[C@H](OC)c3ncc(Cl)cn3)n2[C@H]2CCCOC2)c1. The van der Waals surface area contributed by atoms with Crippen molar-refractivity contribution in [3.8, 4) is 17.1 Å². The quantitative estimate of drug-likeness (QED) is 0.449. The first-order valence-corrected chi connectivity index (χ1v) is 13.0. The van der Waals surface area contributed by atoms with Crippen LogP contribution in [0.2, 0.25) is 5.02 Å². The van der Waals surface area contributed by atoms with E-state index in [1.807, 2.05) is 24.3 Å². The molecule has 0 unspecified atom stereocenters. The molecular formula is C22H27ClN6O5S. The summed E-state index contributed by atoms with van der Waals surface area (Å²) in [6.45, 7) is 2.59. The Kier molecular flexibility index (Phi) is 7.85. The van der Waals surface area contributed by atoms with Gasteiger partial charge in [-0.15, -0.1) is 10.2 Å². The average molecular weight is 523 g/mol. The van der Waals surface area contributed by atoms with Crippen molar-refractivity contribution in [3.05, 3.63) is 47.5 Å². The van der Waals surface area contributed by atoms with Gasteiger partial charge in [-0.1, -0.05) is 23.7 Å². The fourth-order valence-corrected chi connectivity index (χ4v) is 5.19. The Labute approximate surface area is 208 Å². The maximum absolute atomic E-state index is 13.4. The molecule has 0 aliphatic carbocycles. The van der Waals surface area contributed by atoms with Crippen molar-refractivity contribution in [1.82, 2.24) is 24.7 Å². The molecule has 0 spiro atoms. The monoisotopic (exact) mass is 522 g/mol. The average Bonchev–Trinajstić information content (AvgIpc) is 3.29. The first kappa shape index (κ1) is 25.3. The van der Waals surface area contributed by atoms with Gasteiger partial charge in [0.05, 0.1) is 24.8 Å². The van der Waals surface area contributed by atoms with Crippen LogP contribution in [-0.4, -0.2) is 65.8 Å². The van der Waals surface area contributed by atoms with E-state index < -0.39 is 21.4 Å². The number of anilines is 1. The predicted octanol–water partition coefficient (Wildman–Crippen LogP) is 3.27. The zero-order valence-corrected chi connectivity index (χ0v) is 21.2. The molecule has 3 atom stereocenters. The third kappa shape index (κ3) is 5.56.